The van der Waals surface area contributed by atoms with Crippen LogP contribution >= 0.6 is 79.4 Å². The number of allylic oxidation sites excluding steroid dienone is 1. The number of para-hydroxylation sites is 1. The Labute approximate surface area is 380 Å². The molecule has 0 unspecified atom stereocenters. The lowest BCUT2D eigenvalue weighted by Crippen LogP contribution is -2.31. The normalized spacial score (nSPS) is 14.0. The number of nitrogens with two attached hydrogens (primary N) is 1. The summed E-state index contributed by atoms with van der Waals surface area (Å²) < 4.78 is 2.91. The highest BCUT2D eigenvalue weighted by Gasteiger charge is 2.26. The fraction of sp³-hybridized carbons (Fsp3) is 0.273. The van der Waals surface area contributed by atoms with E-state index in [1.807, 2.05) is 60.9 Å². The maximum atomic E-state index is 12.4. The summed E-state index contributed by atoms with van der Waals surface area (Å²) in [4.78, 5) is 28.7. The molecule has 298 valence electrons. The molecule has 4 aromatic heterocycles. The highest BCUT2D eigenvalue weighted by atomic mass is 127. The Balaban J connectivity index is 0.000000162. The van der Waals surface area contributed by atoms with Crippen molar-refractivity contribution in [3.8, 4) is 0 Å². The summed E-state index contributed by atoms with van der Waals surface area (Å²) in [6, 6.07) is 27.5. The molecule has 7 aromatic rings. The van der Waals surface area contributed by atoms with Crippen molar-refractivity contribution in [1.82, 2.24) is 29.8 Å². The molecule has 13 heteroatoms. The predicted molar refractivity (Wildman–Crippen MR) is 263 cm³/mol. The predicted octanol–water partition coefficient (Wildman–Crippen LogP) is 11.7. The number of nitrogen functional groups attached to an aromatic ring is 1. The number of imidazole rings is 1. The van der Waals surface area contributed by atoms with Gasteiger partial charge in [0, 0.05) is 39.7 Å². The number of nitrogens with one attached hydrogen (secondary N) is 2. The lowest BCUT2D eigenvalue weighted by Gasteiger charge is -2.23. The van der Waals surface area contributed by atoms with E-state index in [0.717, 1.165) is 81.3 Å². The molecular formula is C44H47ClI3N7O2. The Morgan fingerprint density at radius 1 is 1.02 bits per heavy atom. The minimum absolute atomic E-state index is 0. The number of aromatic amines is 1. The smallest absolute Gasteiger partial charge is 0.270 e. The first-order valence-corrected chi connectivity index (χ1v) is 22.5. The van der Waals surface area contributed by atoms with Gasteiger partial charge in [-0.05, 0) is 90.3 Å². The summed E-state index contributed by atoms with van der Waals surface area (Å²) in [5.41, 5.74) is 16.3. The number of aryl methyl sites for hydroxylation is 1. The number of rotatable bonds is 5. The number of hydrogen-bond acceptors (Lipinski definition) is 6. The van der Waals surface area contributed by atoms with Crippen LogP contribution in [-0.4, -0.2) is 42.1 Å². The summed E-state index contributed by atoms with van der Waals surface area (Å²) in [5, 5.41) is 15.0. The Morgan fingerprint density at radius 2 is 1.75 bits per heavy atom. The molecule has 2 aliphatic rings. The van der Waals surface area contributed by atoms with Crippen LogP contribution in [0, 0.1) is 5.92 Å². The van der Waals surface area contributed by atoms with Gasteiger partial charge in [-0.25, -0.2) is 9.97 Å². The van der Waals surface area contributed by atoms with E-state index in [0.29, 0.717) is 17.4 Å². The molecule has 0 bridgehead atoms. The number of nitrogens with zero attached hydrogens (tertiary/aromatic N) is 4. The van der Waals surface area contributed by atoms with E-state index < -0.39 is 0 Å². The van der Waals surface area contributed by atoms with Gasteiger partial charge < -0.3 is 25.7 Å². The molecule has 9 nitrogen and oxygen atoms in total. The molecule has 3 aromatic carbocycles. The molecule has 1 amide bonds. The lowest BCUT2D eigenvalue weighted by molar-refractivity contribution is 0.0927. The zero-order valence-corrected chi connectivity index (χ0v) is 38.3. The molecular weight excluding hydrogens is 1070 g/mol. The van der Waals surface area contributed by atoms with Crippen LogP contribution in [0.3, 0.4) is 0 Å². The number of hydrogen-bond donors (Lipinski definition) is 4. The third-order valence-corrected chi connectivity index (χ3v) is 9.75. The van der Waals surface area contributed by atoms with Crippen LogP contribution in [0.5, 0.6) is 0 Å². The number of pyridine rings is 2. The van der Waals surface area contributed by atoms with E-state index in [1.54, 1.807) is 18.3 Å². The van der Waals surface area contributed by atoms with Crippen molar-refractivity contribution in [2.75, 3.05) is 12.3 Å². The summed E-state index contributed by atoms with van der Waals surface area (Å²) in [5.74, 6) is 0.932. The summed E-state index contributed by atoms with van der Waals surface area (Å²) >= 11 is 13.1. The molecule has 9 rings (SSSR count). The molecule has 0 saturated heterocycles. The zero-order chi connectivity index (χ0) is 39.8. The Morgan fingerprint density at radius 3 is 2.49 bits per heavy atom. The van der Waals surface area contributed by atoms with Gasteiger partial charge in [0.15, 0.2) is 5.82 Å². The molecule has 2 aliphatic carbocycles. The van der Waals surface area contributed by atoms with Crippen LogP contribution < -0.4 is 11.1 Å². The van der Waals surface area contributed by atoms with Crippen molar-refractivity contribution in [3.05, 3.63) is 137 Å². The quantitative estimate of drug-likeness (QED) is 0.100. The van der Waals surface area contributed by atoms with Gasteiger partial charge in [-0.15, -0.1) is 0 Å². The van der Waals surface area contributed by atoms with Gasteiger partial charge in [-0.2, -0.15) is 0 Å². The molecule has 1 atom stereocenters. The number of halogens is 4. The average molecular weight is 1120 g/mol. The number of aromatic nitrogens is 5. The van der Waals surface area contributed by atoms with Gasteiger partial charge in [-0.1, -0.05) is 155 Å². The number of aliphatic hydroxyl groups is 1. The third kappa shape index (κ3) is 11.2. The number of aliphatic hydroxyl groups excluding tert-OH is 1. The van der Waals surface area contributed by atoms with Crippen LogP contribution in [0.15, 0.2) is 104 Å². The first-order chi connectivity index (χ1) is 27.0. The minimum Gasteiger partial charge on any atom is -0.392 e. The van der Waals surface area contributed by atoms with Crippen molar-refractivity contribution in [2.24, 2.45) is 5.92 Å². The number of amides is 1. The first kappa shape index (κ1) is 44.8. The number of H-pyrrole nitrogens is 1. The van der Waals surface area contributed by atoms with Crippen LogP contribution in [-0.2, 0) is 19.4 Å². The van der Waals surface area contributed by atoms with Gasteiger partial charge >= 0.3 is 0 Å². The summed E-state index contributed by atoms with van der Waals surface area (Å²) in [6.45, 7) is 5.48. The standard InChI is InChI=1S/C18H16ClN3O.C14H16N4.C10H10O.CHI3.CH4/c19-11-7-8-14-13(10-11)12-4-3-6-15(17(12)21-14)22-18(23)16-5-1-2-9-20-16;1-9(2)7-18-8-16-12-13(18)10-5-3-4-6-11(10)17-14(12)15;11-7-9-6-5-8-3-1-2-4-10(8)9;2-1(3)4;/h1-2,5,7-10,15,21H,3-4,6H2,(H,22,23);3-6,8-9H,7H2,1-2H3,(H2,15,17);1-4,6,11H,5,7H2;1H;1H4/t15-;;;;/m1..../s1. The topological polar surface area (TPSA) is 135 Å². The van der Waals surface area contributed by atoms with E-state index in [-0.39, 0.29) is 26.0 Å². The maximum absolute atomic E-state index is 12.4. The van der Waals surface area contributed by atoms with Crippen molar-refractivity contribution >= 4 is 130 Å². The Hall–Kier alpha value is -3.32. The average Bonchev–Trinajstić information content (AvgIpc) is 3.91. The zero-order valence-electron chi connectivity index (χ0n) is 31.0. The number of fused-ring (bicyclic) bond motifs is 7. The number of carbonyl (C=O) groups excluding carboxylic acids is 1. The van der Waals surface area contributed by atoms with Crippen molar-refractivity contribution in [2.45, 2.75) is 59.5 Å². The van der Waals surface area contributed by atoms with Crippen molar-refractivity contribution in [1.29, 1.82) is 0 Å². The van der Waals surface area contributed by atoms with Crippen molar-refractivity contribution in [3.63, 3.8) is 0 Å². The molecule has 0 aliphatic heterocycles. The third-order valence-electron chi connectivity index (χ3n) is 9.52. The van der Waals surface area contributed by atoms with Crippen LogP contribution in [0.25, 0.3) is 38.4 Å². The fourth-order valence-electron chi connectivity index (χ4n) is 7.15. The van der Waals surface area contributed by atoms with Crippen LogP contribution in [0.1, 0.15) is 73.0 Å². The Kier molecular flexibility index (Phi) is 16.6. The highest BCUT2D eigenvalue weighted by Crippen LogP contribution is 2.36. The first-order valence-electron chi connectivity index (χ1n) is 18.3. The Bertz CT molecular complexity index is 2460. The largest absolute Gasteiger partial charge is 0.392 e. The van der Waals surface area contributed by atoms with E-state index in [2.05, 4.69) is 136 Å². The number of alkyl halides is 3. The second-order valence-corrected chi connectivity index (χ2v) is 25.2. The monoisotopic (exact) mass is 1120 g/mol. The SMILES string of the molecule is C.CC(C)Cn1cnc2c(N)nc3ccccc3c21.IC(I)I.O=C(N[C@@H]1CCCc2c1[nH]c1ccc(Cl)cc21)c1ccccn1.OCC1=CCc2ccccc21. The molecule has 0 radical (unpaired) electrons. The molecule has 57 heavy (non-hydrogen) atoms. The van der Waals surface area contributed by atoms with E-state index in [1.165, 1.54) is 16.7 Å². The van der Waals surface area contributed by atoms with Crippen LogP contribution in [0.2, 0.25) is 5.02 Å². The molecule has 0 saturated carbocycles. The molecule has 0 fully saturated rings. The number of carbonyl (C=O) groups is 1. The van der Waals surface area contributed by atoms with E-state index in [4.69, 9.17) is 22.4 Å². The highest BCUT2D eigenvalue weighted by molar-refractivity contribution is 14.3. The van der Waals surface area contributed by atoms with Crippen molar-refractivity contribution < 1.29 is 9.90 Å². The van der Waals surface area contributed by atoms with Gasteiger partial charge in [0.25, 0.3) is 5.91 Å². The molecule has 5 N–H and O–H groups in total. The van der Waals surface area contributed by atoms with Gasteiger partial charge in [-0.3, -0.25) is 9.78 Å². The van der Waals surface area contributed by atoms with Gasteiger partial charge in [0.2, 0.25) is 0 Å². The lowest BCUT2D eigenvalue weighted by atomic mass is 9.91. The van der Waals surface area contributed by atoms with E-state index >= 15 is 0 Å². The van der Waals surface area contributed by atoms with Gasteiger partial charge in [0.1, 0.15) is 11.1 Å². The second kappa shape index (κ2) is 21.1. The van der Waals surface area contributed by atoms with Gasteiger partial charge in [0.05, 0.1) is 30.0 Å². The fourth-order valence-corrected chi connectivity index (χ4v) is 7.32. The minimum atomic E-state index is -0.139. The molecule has 4 heterocycles. The molecule has 0 spiro atoms. The number of anilines is 1. The second-order valence-electron chi connectivity index (χ2n) is 13.8. The summed E-state index contributed by atoms with van der Waals surface area (Å²) in [7, 11) is 0. The number of benzene rings is 3. The van der Waals surface area contributed by atoms with Crippen LogP contribution in [0.4, 0.5) is 5.82 Å². The maximum Gasteiger partial charge on any atom is 0.270 e. The van der Waals surface area contributed by atoms with E-state index in [9.17, 15) is 4.79 Å². The summed E-state index contributed by atoms with van der Waals surface area (Å²) in [6.07, 6.45) is 9.52.